The van der Waals surface area contributed by atoms with Crippen molar-refractivity contribution < 1.29 is 9.47 Å². The van der Waals surface area contributed by atoms with Crippen LogP contribution in [0.1, 0.15) is 51.3 Å². The van der Waals surface area contributed by atoms with Crippen LogP contribution in [-0.2, 0) is 11.3 Å². The Morgan fingerprint density at radius 1 is 1.21 bits per heavy atom. The molecular formula is C16H27NO2. The molecule has 0 fully saturated rings. The molecule has 3 nitrogen and oxygen atoms in total. The van der Waals surface area contributed by atoms with Gasteiger partial charge in [-0.1, -0.05) is 13.0 Å². The Hall–Kier alpha value is -1.06. The van der Waals surface area contributed by atoms with E-state index in [1.165, 1.54) is 5.56 Å². The lowest BCUT2D eigenvalue weighted by atomic mass is 10.0. The molecule has 1 N–H and O–H groups in total. The summed E-state index contributed by atoms with van der Waals surface area (Å²) < 4.78 is 11.1. The van der Waals surface area contributed by atoms with Crippen molar-refractivity contribution in [3.63, 3.8) is 0 Å². The Morgan fingerprint density at radius 3 is 2.53 bits per heavy atom. The quantitative estimate of drug-likeness (QED) is 0.777. The van der Waals surface area contributed by atoms with E-state index in [2.05, 4.69) is 31.3 Å². The van der Waals surface area contributed by atoms with Crippen LogP contribution in [-0.4, -0.2) is 19.8 Å². The first-order chi connectivity index (χ1) is 9.08. The molecule has 0 spiro atoms. The maximum atomic E-state index is 5.69. The molecule has 0 aliphatic rings. The van der Waals surface area contributed by atoms with Crippen LogP contribution >= 0.6 is 0 Å². The molecule has 1 atom stereocenters. The minimum Gasteiger partial charge on any atom is -0.496 e. The molecule has 1 rings (SSSR count). The standard InChI is InChI=1S/C16H27NO2/c1-6-9-17-13(4)14-7-8-16(18-5)15(10-14)11-19-12(2)3/h7-8,10,12-13,17H,6,9,11H2,1-5H3. The van der Waals surface area contributed by atoms with Gasteiger partial charge in [0.05, 0.1) is 19.8 Å². The van der Waals surface area contributed by atoms with Crippen molar-refractivity contribution in [3.8, 4) is 5.75 Å². The highest BCUT2D eigenvalue weighted by molar-refractivity contribution is 5.38. The third-order valence-electron chi connectivity index (χ3n) is 3.08. The molecule has 19 heavy (non-hydrogen) atoms. The van der Waals surface area contributed by atoms with E-state index in [0.29, 0.717) is 12.6 Å². The summed E-state index contributed by atoms with van der Waals surface area (Å²) in [5, 5.41) is 3.50. The van der Waals surface area contributed by atoms with Crippen LogP contribution in [0.5, 0.6) is 5.75 Å². The van der Waals surface area contributed by atoms with Crippen molar-refractivity contribution in [3.05, 3.63) is 29.3 Å². The van der Waals surface area contributed by atoms with Crippen LogP contribution in [0.2, 0.25) is 0 Å². The predicted octanol–water partition coefficient (Wildman–Crippen LogP) is 3.68. The zero-order chi connectivity index (χ0) is 14.3. The lowest BCUT2D eigenvalue weighted by molar-refractivity contribution is 0.0644. The highest BCUT2D eigenvalue weighted by Crippen LogP contribution is 2.24. The van der Waals surface area contributed by atoms with Crippen LogP contribution in [0.3, 0.4) is 0 Å². The summed E-state index contributed by atoms with van der Waals surface area (Å²) in [6.45, 7) is 10.1. The number of hydrogen-bond acceptors (Lipinski definition) is 3. The third kappa shape index (κ3) is 5.21. The van der Waals surface area contributed by atoms with Gasteiger partial charge >= 0.3 is 0 Å². The maximum absolute atomic E-state index is 5.69. The largest absolute Gasteiger partial charge is 0.496 e. The van der Waals surface area contributed by atoms with Gasteiger partial charge in [-0.05, 0) is 51.4 Å². The Morgan fingerprint density at radius 2 is 1.95 bits per heavy atom. The molecule has 1 aromatic carbocycles. The predicted molar refractivity (Wildman–Crippen MR) is 79.6 cm³/mol. The minimum absolute atomic E-state index is 0.226. The molecule has 0 saturated carbocycles. The van der Waals surface area contributed by atoms with E-state index in [-0.39, 0.29) is 6.10 Å². The molecule has 0 aliphatic heterocycles. The van der Waals surface area contributed by atoms with Crippen LogP contribution in [0.15, 0.2) is 18.2 Å². The van der Waals surface area contributed by atoms with Crippen molar-refractivity contribution in [2.24, 2.45) is 0 Å². The van der Waals surface area contributed by atoms with Crippen LogP contribution in [0.4, 0.5) is 0 Å². The average Bonchev–Trinajstić information content (AvgIpc) is 2.42. The summed E-state index contributed by atoms with van der Waals surface area (Å²) >= 11 is 0. The number of rotatable bonds is 8. The summed E-state index contributed by atoms with van der Waals surface area (Å²) in [5.74, 6) is 0.895. The van der Waals surface area contributed by atoms with Gasteiger partial charge < -0.3 is 14.8 Å². The summed E-state index contributed by atoms with van der Waals surface area (Å²) in [5.41, 5.74) is 2.38. The highest BCUT2D eigenvalue weighted by atomic mass is 16.5. The highest BCUT2D eigenvalue weighted by Gasteiger charge is 2.10. The van der Waals surface area contributed by atoms with Gasteiger partial charge in [-0.15, -0.1) is 0 Å². The molecule has 108 valence electrons. The van der Waals surface area contributed by atoms with Gasteiger partial charge in [0.2, 0.25) is 0 Å². The number of benzene rings is 1. The van der Waals surface area contributed by atoms with Gasteiger partial charge in [-0.25, -0.2) is 0 Å². The lowest BCUT2D eigenvalue weighted by Gasteiger charge is -2.17. The maximum Gasteiger partial charge on any atom is 0.124 e. The van der Waals surface area contributed by atoms with Gasteiger partial charge in [0, 0.05) is 11.6 Å². The van der Waals surface area contributed by atoms with Crippen molar-refractivity contribution in [2.75, 3.05) is 13.7 Å². The van der Waals surface area contributed by atoms with Crippen molar-refractivity contribution in [1.29, 1.82) is 0 Å². The molecule has 0 amide bonds. The van der Waals surface area contributed by atoms with Gasteiger partial charge in [-0.3, -0.25) is 0 Å². The van der Waals surface area contributed by atoms with Crippen molar-refractivity contribution in [2.45, 2.75) is 52.9 Å². The zero-order valence-electron chi connectivity index (χ0n) is 12.8. The number of ether oxygens (including phenoxy) is 2. The molecule has 0 bridgehead atoms. The van der Waals surface area contributed by atoms with E-state index in [1.807, 2.05) is 19.9 Å². The first-order valence-electron chi connectivity index (χ1n) is 7.10. The topological polar surface area (TPSA) is 30.5 Å². The molecule has 0 aromatic heterocycles. The molecule has 0 aliphatic carbocycles. The molecular weight excluding hydrogens is 238 g/mol. The Labute approximate surface area is 117 Å². The minimum atomic E-state index is 0.226. The smallest absolute Gasteiger partial charge is 0.124 e. The van der Waals surface area contributed by atoms with E-state index in [1.54, 1.807) is 7.11 Å². The van der Waals surface area contributed by atoms with E-state index in [9.17, 15) is 0 Å². The summed E-state index contributed by atoms with van der Waals surface area (Å²) in [7, 11) is 1.70. The van der Waals surface area contributed by atoms with Crippen LogP contribution in [0, 0.1) is 0 Å². The number of methoxy groups -OCH3 is 1. The van der Waals surface area contributed by atoms with E-state index in [4.69, 9.17) is 9.47 Å². The van der Waals surface area contributed by atoms with Gasteiger partial charge in [0.25, 0.3) is 0 Å². The summed E-state index contributed by atoms with van der Waals surface area (Å²) in [6.07, 6.45) is 1.37. The first kappa shape index (κ1) is 16.0. The van der Waals surface area contributed by atoms with Gasteiger partial charge in [0.15, 0.2) is 0 Å². The first-order valence-corrected chi connectivity index (χ1v) is 7.10. The third-order valence-corrected chi connectivity index (χ3v) is 3.08. The Bertz CT molecular complexity index is 377. The molecule has 3 heteroatoms. The zero-order valence-corrected chi connectivity index (χ0v) is 12.8. The second-order valence-corrected chi connectivity index (χ2v) is 5.11. The van der Waals surface area contributed by atoms with Crippen LogP contribution < -0.4 is 10.1 Å². The molecule has 0 saturated heterocycles. The number of nitrogens with one attached hydrogen (secondary N) is 1. The monoisotopic (exact) mass is 265 g/mol. The summed E-state index contributed by atoms with van der Waals surface area (Å²) in [4.78, 5) is 0. The number of hydrogen-bond donors (Lipinski definition) is 1. The molecule has 1 aromatic rings. The Kier molecular flexibility index (Phi) is 6.89. The fourth-order valence-electron chi connectivity index (χ4n) is 1.92. The van der Waals surface area contributed by atoms with Gasteiger partial charge in [-0.2, -0.15) is 0 Å². The SMILES string of the molecule is CCCNC(C)c1ccc(OC)c(COC(C)C)c1. The summed E-state index contributed by atoms with van der Waals surface area (Å²) in [6, 6.07) is 6.67. The lowest BCUT2D eigenvalue weighted by Crippen LogP contribution is -2.19. The van der Waals surface area contributed by atoms with Crippen molar-refractivity contribution >= 4 is 0 Å². The second-order valence-electron chi connectivity index (χ2n) is 5.11. The molecule has 0 heterocycles. The average molecular weight is 265 g/mol. The normalized spacial score (nSPS) is 12.7. The van der Waals surface area contributed by atoms with Crippen LogP contribution in [0.25, 0.3) is 0 Å². The van der Waals surface area contributed by atoms with Gasteiger partial charge in [0.1, 0.15) is 5.75 Å². The second kappa shape index (κ2) is 8.18. The molecule has 0 radical (unpaired) electrons. The molecule has 1 unspecified atom stereocenters. The van der Waals surface area contributed by atoms with E-state index >= 15 is 0 Å². The van der Waals surface area contributed by atoms with Crippen molar-refractivity contribution in [1.82, 2.24) is 5.32 Å². The fraction of sp³-hybridized carbons (Fsp3) is 0.625. The van der Waals surface area contributed by atoms with E-state index < -0.39 is 0 Å². The fourth-order valence-corrected chi connectivity index (χ4v) is 1.92. The van der Waals surface area contributed by atoms with E-state index in [0.717, 1.165) is 24.3 Å². The Balaban J connectivity index is 2.81.